The Morgan fingerprint density at radius 1 is 1.39 bits per heavy atom. The second-order valence-electron chi connectivity index (χ2n) is 4.55. The third-order valence-electron chi connectivity index (χ3n) is 3.10. The Morgan fingerprint density at radius 2 is 2.00 bits per heavy atom. The van der Waals surface area contributed by atoms with E-state index < -0.39 is 17.5 Å². The lowest BCUT2D eigenvalue weighted by Gasteiger charge is -2.31. The molecule has 4 N–H and O–H groups in total. The molecule has 1 aliphatic rings. The number of amides is 1. The zero-order valence-electron chi connectivity index (χ0n) is 9.62. The Morgan fingerprint density at radius 3 is 2.61 bits per heavy atom. The number of nitrogen functional groups attached to an aromatic ring is 1. The smallest absolute Gasteiger partial charge is 0.253 e. The van der Waals surface area contributed by atoms with Gasteiger partial charge >= 0.3 is 0 Å². The highest BCUT2D eigenvalue weighted by Gasteiger charge is 2.27. The number of aliphatic hydroxyl groups is 1. The number of nitrogens with one attached hydrogen (secondary N) is 1. The minimum Gasteiger partial charge on any atom is -0.398 e. The van der Waals surface area contributed by atoms with E-state index in [1.165, 1.54) is 0 Å². The van der Waals surface area contributed by atoms with Crippen molar-refractivity contribution < 1.29 is 18.7 Å². The fraction of sp³-hybridized carbons (Fsp3) is 0.417. The van der Waals surface area contributed by atoms with Gasteiger partial charge in [-0.2, -0.15) is 0 Å². The number of carbonyl (C=O) groups is 1. The molecule has 0 atom stereocenters. The number of carbonyl (C=O) groups excluding carboxylic acids is 1. The number of rotatable bonds is 3. The third kappa shape index (κ3) is 2.59. The molecular formula is C12H14F2N2O2. The minimum atomic E-state index is -1.10. The highest BCUT2D eigenvalue weighted by Crippen LogP contribution is 2.26. The van der Waals surface area contributed by atoms with Gasteiger partial charge in [0.2, 0.25) is 0 Å². The van der Waals surface area contributed by atoms with Crippen molar-refractivity contribution in [2.24, 2.45) is 5.92 Å². The summed E-state index contributed by atoms with van der Waals surface area (Å²) in [4.78, 5) is 11.7. The van der Waals surface area contributed by atoms with E-state index >= 15 is 0 Å². The van der Waals surface area contributed by atoms with Crippen molar-refractivity contribution in [2.45, 2.75) is 18.9 Å². The molecule has 6 heteroatoms. The van der Waals surface area contributed by atoms with Gasteiger partial charge in [-0.25, -0.2) is 8.78 Å². The second kappa shape index (κ2) is 4.89. The molecule has 1 saturated carbocycles. The van der Waals surface area contributed by atoms with Crippen LogP contribution in [0.4, 0.5) is 14.5 Å². The first-order chi connectivity index (χ1) is 8.47. The number of nitrogens with two attached hydrogens (primary N) is 1. The summed E-state index contributed by atoms with van der Waals surface area (Å²) < 4.78 is 25.8. The maximum Gasteiger partial charge on any atom is 0.253 e. The van der Waals surface area contributed by atoms with Crippen LogP contribution in [0.1, 0.15) is 23.2 Å². The van der Waals surface area contributed by atoms with Crippen molar-refractivity contribution in [3.63, 3.8) is 0 Å². The summed E-state index contributed by atoms with van der Waals surface area (Å²) in [5.74, 6) is -2.48. The van der Waals surface area contributed by atoms with Crippen molar-refractivity contribution in [1.82, 2.24) is 5.32 Å². The van der Waals surface area contributed by atoms with Crippen molar-refractivity contribution in [2.75, 3.05) is 12.3 Å². The van der Waals surface area contributed by atoms with E-state index in [-0.39, 0.29) is 23.3 Å². The Kier molecular flexibility index (Phi) is 3.47. The van der Waals surface area contributed by atoms with E-state index in [9.17, 15) is 13.6 Å². The Labute approximate surface area is 103 Å². The lowest BCUT2D eigenvalue weighted by Crippen LogP contribution is -2.38. The Bertz CT molecular complexity index is 473. The molecule has 2 rings (SSSR count). The number of benzene rings is 1. The monoisotopic (exact) mass is 256 g/mol. The highest BCUT2D eigenvalue weighted by atomic mass is 19.2. The molecule has 0 heterocycles. The van der Waals surface area contributed by atoms with Gasteiger partial charge in [-0.15, -0.1) is 0 Å². The molecule has 1 aromatic carbocycles. The van der Waals surface area contributed by atoms with E-state index in [0.29, 0.717) is 19.4 Å². The summed E-state index contributed by atoms with van der Waals surface area (Å²) in [6, 6.07) is 1.58. The van der Waals surface area contributed by atoms with Crippen molar-refractivity contribution in [3.05, 3.63) is 29.3 Å². The van der Waals surface area contributed by atoms with Crippen LogP contribution < -0.4 is 11.1 Å². The van der Waals surface area contributed by atoms with Crippen LogP contribution in [-0.4, -0.2) is 23.7 Å². The molecule has 1 aromatic rings. The summed E-state index contributed by atoms with van der Waals surface area (Å²) in [6.07, 6.45) is 1.00. The molecule has 0 spiro atoms. The van der Waals surface area contributed by atoms with Crippen LogP contribution >= 0.6 is 0 Å². The van der Waals surface area contributed by atoms with Crippen LogP contribution in [0.2, 0.25) is 0 Å². The van der Waals surface area contributed by atoms with Crippen LogP contribution in [0.25, 0.3) is 0 Å². The van der Waals surface area contributed by atoms with Crippen LogP contribution in [0.15, 0.2) is 12.1 Å². The number of aliphatic hydroxyl groups excluding tert-OH is 1. The third-order valence-corrected chi connectivity index (χ3v) is 3.10. The van der Waals surface area contributed by atoms with Crippen molar-refractivity contribution in [1.29, 1.82) is 0 Å². The van der Waals surface area contributed by atoms with E-state index in [1.54, 1.807) is 0 Å². The standard InChI is InChI=1S/C12H14F2N2O2/c13-9-3-8(11(15)4-10(9)14)12(18)16-5-6-1-7(17)2-6/h3-4,6-7,17H,1-2,5,15H2,(H,16,18). The lowest BCUT2D eigenvalue weighted by atomic mass is 9.82. The summed E-state index contributed by atoms with van der Waals surface area (Å²) in [7, 11) is 0. The predicted molar refractivity (Wildman–Crippen MR) is 61.8 cm³/mol. The normalized spacial score (nSPS) is 22.4. The molecule has 0 unspecified atom stereocenters. The molecular weight excluding hydrogens is 242 g/mol. The molecule has 1 aliphatic carbocycles. The predicted octanol–water partition coefficient (Wildman–Crippen LogP) is 1.05. The van der Waals surface area contributed by atoms with Gasteiger partial charge in [-0.1, -0.05) is 0 Å². The molecule has 0 radical (unpaired) electrons. The van der Waals surface area contributed by atoms with E-state index in [1.807, 2.05) is 0 Å². The molecule has 0 saturated heterocycles. The van der Waals surface area contributed by atoms with Crippen LogP contribution in [0.3, 0.4) is 0 Å². The molecule has 1 amide bonds. The van der Waals surface area contributed by atoms with Gasteiger partial charge in [0.15, 0.2) is 11.6 Å². The van der Waals surface area contributed by atoms with Crippen LogP contribution in [0, 0.1) is 17.6 Å². The average Bonchev–Trinajstić information content (AvgIpc) is 2.27. The van der Waals surface area contributed by atoms with E-state index in [4.69, 9.17) is 10.8 Å². The molecule has 98 valence electrons. The Hall–Kier alpha value is -1.69. The highest BCUT2D eigenvalue weighted by molar-refractivity contribution is 5.99. The topological polar surface area (TPSA) is 75.4 Å². The number of anilines is 1. The zero-order valence-corrected chi connectivity index (χ0v) is 9.62. The van der Waals surface area contributed by atoms with Gasteiger partial charge < -0.3 is 16.2 Å². The number of hydrogen-bond acceptors (Lipinski definition) is 3. The number of hydrogen-bond donors (Lipinski definition) is 3. The van der Waals surface area contributed by atoms with Crippen molar-refractivity contribution >= 4 is 11.6 Å². The molecule has 1 fully saturated rings. The van der Waals surface area contributed by atoms with Gasteiger partial charge in [-0.3, -0.25) is 4.79 Å². The summed E-state index contributed by atoms with van der Waals surface area (Å²) in [5.41, 5.74) is 5.29. The van der Waals surface area contributed by atoms with Crippen LogP contribution in [0.5, 0.6) is 0 Å². The van der Waals surface area contributed by atoms with Gasteiger partial charge in [0.25, 0.3) is 5.91 Å². The van der Waals surface area contributed by atoms with Crippen LogP contribution in [-0.2, 0) is 0 Å². The van der Waals surface area contributed by atoms with E-state index in [0.717, 1.165) is 12.1 Å². The molecule has 0 bridgehead atoms. The second-order valence-corrected chi connectivity index (χ2v) is 4.55. The molecule has 0 aliphatic heterocycles. The molecule has 18 heavy (non-hydrogen) atoms. The SMILES string of the molecule is Nc1cc(F)c(F)cc1C(=O)NCC1CC(O)C1. The summed E-state index contributed by atoms with van der Waals surface area (Å²) in [6.45, 7) is 0.397. The minimum absolute atomic E-state index is 0.0752. The summed E-state index contributed by atoms with van der Waals surface area (Å²) in [5, 5.41) is 11.7. The van der Waals surface area contributed by atoms with Gasteiger partial charge in [0, 0.05) is 18.3 Å². The number of halogens is 2. The zero-order chi connectivity index (χ0) is 13.3. The van der Waals surface area contributed by atoms with Gasteiger partial charge in [0.05, 0.1) is 11.7 Å². The first kappa shape index (κ1) is 12.8. The first-order valence-corrected chi connectivity index (χ1v) is 5.68. The van der Waals surface area contributed by atoms with E-state index in [2.05, 4.69) is 5.32 Å². The average molecular weight is 256 g/mol. The maximum atomic E-state index is 13.0. The van der Waals surface area contributed by atoms with Gasteiger partial charge in [-0.05, 0) is 24.8 Å². The van der Waals surface area contributed by atoms with Crippen molar-refractivity contribution in [3.8, 4) is 0 Å². The molecule has 0 aromatic heterocycles. The lowest BCUT2D eigenvalue weighted by molar-refractivity contribution is 0.0420. The largest absolute Gasteiger partial charge is 0.398 e. The first-order valence-electron chi connectivity index (χ1n) is 5.68. The molecule has 4 nitrogen and oxygen atoms in total. The fourth-order valence-electron chi connectivity index (χ4n) is 1.96. The quantitative estimate of drug-likeness (QED) is 0.707. The maximum absolute atomic E-state index is 13.0. The summed E-state index contributed by atoms with van der Waals surface area (Å²) >= 11 is 0. The Balaban J connectivity index is 1.98. The fourth-order valence-corrected chi connectivity index (χ4v) is 1.96. The van der Waals surface area contributed by atoms with Gasteiger partial charge in [0.1, 0.15) is 0 Å².